The van der Waals surface area contributed by atoms with E-state index in [1.165, 1.54) is 11.8 Å². The number of oxazole rings is 1. The van der Waals surface area contributed by atoms with Crippen LogP contribution in [0.3, 0.4) is 0 Å². The molecule has 2 aromatic carbocycles. The van der Waals surface area contributed by atoms with Gasteiger partial charge in [-0.15, -0.1) is 0 Å². The van der Waals surface area contributed by atoms with Crippen molar-refractivity contribution in [3.8, 4) is 11.5 Å². The Hall–Kier alpha value is -3.91. The number of hydrogen-bond donors (Lipinski definition) is 1. The minimum Gasteiger partial charge on any atom is -0.436 e. The van der Waals surface area contributed by atoms with Crippen LogP contribution in [0.15, 0.2) is 86.9 Å². The van der Waals surface area contributed by atoms with Gasteiger partial charge in [0.2, 0.25) is 5.89 Å². The van der Waals surface area contributed by atoms with Crippen molar-refractivity contribution in [3.05, 3.63) is 89.9 Å². The van der Waals surface area contributed by atoms with Gasteiger partial charge in [0.15, 0.2) is 5.58 Å². The largest absolute Gasteiger partial charge is 0.436 e. The third-order valence-electron chi connectivity index (χ3n) is 4.73. The molecule has 0 bridgehead atoms. The summed E-state index contributed by atoms with van der Waals surface area (Å²) in [5, 5.41) is 7.55. The Labute approximate surface area is 187 Å². The van der Waals surface area contributed by atoms with E-state index in [0.717, 1.165) is 28.1 Å². The van der Waals surface area contributed by atoms with Gasteiger partial charge in [-0.05, 0) is 55.5 Å². The molecule has 7 nitrogen and oxygen atoms in total. The molecule has 0 saturated heterocycles. The first-order valence-corrected chi connectivity index (χ1v) is 10.9. The molecular weight excluding hydrogens is 424 g/mol. The number of aromatic nitrogens is 3. The average molecular weight is 443 g/mol. The summed E-state index contributed by atoms with van der Waals surface area (Å²) in [6.07, 6.45) is 1.67. The van der Waals surface area contributed by atoms with Crippen LogP contribution >= 0.6 is 11.8 Å². The van der Waals surface area contributed by atoms with Crippen LogP contribution in [0.1, 0.15) is 21.8 Å². The molecule has 158 valence electrons. The number of carbonyl (C=O) groups excluding carboxylic acids is 1. The van der Waals surface area contributed by atoms with Gasteiger partial charge in [0, 0.05) is 29.3 Å². The second-order valence-electron chi connectivity index (χ2n) is 7.09. The van der Waals surface area contributed by atoms with Crippen molar-refractivity contribution in [1.82, 2.24) is 15.1 Å². The maximum absolute atomic E-state index is 12.9. The fraction of sp³-hybridized carbons (Fsp3) is 0.0833. The average Bonchev–Trinajstić information content (AvgIpc) is 3.44. The molecule has 3 heterocycles. The van der Waals surface area contributed by atoms with E-state index >= 15 is 0 Å². The summed E-state index contributed by atoms with van der Waals surface area (Å²) in [5.41, 5.74) is 4.35. The summed E-state index contributed by atoms with van der Waals surface area (Å²) >= 11 is 1.44. The van der Waals surface area contributed by atoms with E-state index in [4.69, 9.17) is 8.94 Å². The molecule has 5 rings (SSSR count). The van der Waals surface area contributed by atoms with Gasteiger partial charge in [0.05, 0.1) is 11.3 Å². The van der Waals surface area contributed by atoms with Crippen molar-refractivity contribution in [2.75, 3.05) is 5.32 Å². The first kappa shape index (κ1) is 20.0. The summed E-state index contributed by atoms with van der Waals surface area (Å²) in [6.45, 7) is 1.84. The number of carbonyl (C=O) groups is 1. The number of benzene rings is 2. The van der Waals surface area contributed by atoms with Gasteiger partial charge in [0.1, 0.15) is 16.3 Å². The summed E-state index contributed by atoms with van der Waals surface area (Å²) in [5.74, 6) is 1.62. The van der Waals surface area contributed by atoms with Gasteiger partial charge in [-0.3, -0.25) is 4.79 Å². The fourth-order valence-corrected chi connectivity index (χ4v) is 4.07. The molecule has 0 unspecified atom stereocenters. The zero-order valence-corrected chi connectivity index (χ0v) is 17.9. The number of aryl methyl sites for hydroxylation is 1. The Morgan fingerprint density at radius 1 is 1.06 bits per heavy atom. The van der Waals surface area contributed by atoms with Crippen LogP contribution in [0.5, 0.6) is 0 Å². The van der Waals surface area contributed by atoms with Crippen molar-refractivity contribution in [2.24, 2.45) is 0 Å². The minimum absolute atomic E-state index is 0.230. The number of para-hydroxylation sites is 2. The molecule has 0 saturated carbocycles. The quantitative estimate of drug-likeness (QED) is 0.336. The molecule has 0 spiro atoms. The Morgan fingerprint density at radius 2 is 1.91 bits per heavy atom. The topological polar surface area (TPSA) is 94.1 Å². The van der Waals surface area contributed by atoms with Gasteiger partial charge >= 0.3 is 0 Å². The third-order valence-corrected chi connectivity index (χ3v) is 5.77. The summed E-state index contributed by atoms with van der Waals surface area (Å²) in [7, 11) is 0. The SMILES string of the molecule is Cc1cc(CSc2ncccc2C(=O)Nc2ccc(-c3nc4ccccc4o3)cc2)no1. The maximum Gasteiger partial charge on any atom is 0.258 e. The molecule has 0 radical (unpaired) electrons. The normalized spacial score (nSPS) is 11.0. The fourth-order valence-electron chi connectivity index (χ4n) is 3.20. The van der Waals surface area contributed by atoms with Crippen molar-refractivity contribution < 1.29 is 13.7 Å². The third kappa shape index (κ3) is 4.26. The number of pyridine rings is 1. The number of hydrogen-bond acceptors (Lipinski definition) is 7. The first-order chi connectivity index (χ1) is 15.7. The van der Waals surface area contributed by atoms with Crippen LogP contribution in [0.4, 0.5) is 5.69 Å². The molecule has 32 heavy (non-hydrogen) atoms. The van der Waals surface area contributed by atoms with Crippen molar-refractivity contribution in [1.29, 1.82) is 0 Å². The molecule has 0 aliphatic carbocycles. The molecule has 3 aromatic heterocycles. The van der Waals surface area contributed by atoms with Crippen LogP contribution < -0.4 is 5.32 Å². The highest BCUT2D eigenvalue weighted by Crippen LogP contribution is 2.27. The lowest BCUT2D eigenvalue weighted by molar-refractivity contribution is 0.102. The zero-order valence-electron chi connectivity index (χ0n) is 17.1. The zero-order chi connectivity index (χ0) is 21.9. The Kier molecular flexibility index (Phi) is 5.43. The molecule has 5 aromatic rings. The molecule has 0 fully saturated rings. The van der Waals surface area contributed by atoms with E-state index in [0.29, 0.717) is 27.9 Å². The highest BCUT2D eigenvalue weighted by atomic mass is 32.2. The number of thioether (sulfide) groups is 1. The number of rotatable bonds is 6. The standard InChI is InChI=1S/C24H18N4O3S/c1-15-13-18(28-31-15)14-32-24-19(5-4-12-25-24)22(29)26-17-10-8-16(9-11-17)23-27-20-6-2-3-7-21(20)30-23/h2-13H,14H2,1H3,(H,26,29). The van der Waals surface area contributed by atoms with E-state index in [-0.39, 0.29) is 5.91 Å². The lowest BCUT2D eigenvalue weighted by atomic mass is 10.2. The van der Waals surface area contributed by atoms with Gasteiger partial charge in [-0.25, -0.2) is 9.97 Å². The van der Waals surface area contributed by atoms with Crippen molar-refractivity contribution in [2.45, 2.75) is 17.7 Å². The van der Waals surface area contributed by atoms with E-state index in [1.807, 2.05) is 61.5 Å². The molecule has 1 amide bonds. The number of anilines is 1. The van der Waals surface area contributed by atoms with E-state index in [2.05, 4.69) is 20.4 Å². The van der Waals surface area contributed by atoms with Crippen LogP contribution in [-0.2, 0) is 5.75 Å². The van der Waals surface area contributed by atoms with Crippen molar-refractivity contribution in [3.63, 3.8) is 0 Å². The first-order valence-electron chi connectivity index (χ1n) is 9.93. The monoisotopic (exact) mass is 442 g/mol. The summed E-state index contributed by atoms with van der Waals surface area (Å²) in [6, 6.07) is 20.4. The summed E-state index contributed by atoms with van der Waals surface area (Å²) in [4.78, 5) is 21.8. The van der Waals surface area contributed by atoms with Crippen LogP contribution in [0.2, 0.25) is 0 Å². The number of amides is 1. The van der Waals surface area contributed by atoms with Gasteiger partial charge in [-0.2, -0.15) is 0 Å². The second-order valence-corrected chi connectivity index (χ2v) is 8.06. The van der Waals surface area contributed by atoms with Crippen LogP contribution in [-0.4, -0.2) is 21.0 Å². The summed E-state index contributed by atoms with van der Waals surface area (Å²) < 4.78 is 10.9. The number of fused-ring (bicyclic) bond motifs is 1. The molecule has 8 heteroatoms. The highest BCUT2D eigenvalue weighted by molar-refractivity contribution is 7.98. The molecular formula is C24H18N4O3S. The van der Waals surface area contributed by atoms with Gasteiger partial charge in [-0.1, -0.05) is 29.1 Å². The predicted molar refractivity (Wildman–Crippen MR) is 122 cm³/mol. The minimum atomic E-state index is -0.230. The molecule has 0 aliphatic heterocycles. The van der Waals surface area contributed by atoms with E-state index in [9.17, 15) is 4.79 Å². The predicted octanol–water partition coefficient (Wildman–Crippen LogP) is 5.73. The molecule has 1 N–H and O–H groups in total. The Bertz CT molecular complexity index is 1360. The number of nitrogens with one attached hydrogen (secondary N) is 1. The molecule has 0 aliphatic rings. The smallest absolute Gasteiger partial charge is 0.258 e. The van der Waals surface area contributed by atoms with Crippen LogP contribution in [0, 0.1) is 6.92 Å². The van der Waals surface area contributed by atoms with E-state index < -0.39 is 0 Å². The highest BCUT2D eigenvalue weighted by Gasteiger charge is 2.15. The van der Waals surface area contributed by atoms with E-state index in [1.54, 1.807) is 18.3 Å². The maximum atomic E-state index is 12.9. The second kappa shape index (κ2) is 8.68. The lowest BCUT2D eigenvalue weighted by Gasteiger charge is -2.09. The Balaban J connectivity index is 1.29. The van der Waals surface area contributed by atoms with Crippen molar-refractivity contribution >= 4 is 34.5 Å². The molecule has 0 atom stereocenters. The van der Waals surface area contributed by atoms with Gasteiger partial charge < -0.3 is 14.3 Å². The lowest BCUT2D eigenvalue weighted by Crippen LogP contribution is -2.13. The van der Waals surface area contributed by atoms with Crippen LogP contribution in [0.25, 0.3) is 22.6 Å². The van der Waals surface area contributed by atoms with Gasteiger partial charge in [0.25, 0.3) is 5.91 Å². The number of nitrogens with zero attached hydrogens (tertiary/aromatic N) is 3. The Morgan fingerprint density at radius 3 is 2.69 bits per heavy atom.